The molecule has 0 radical (unpaired) electrons. The van der Waals surface area contributed by atoms with Gasteiger partial charge in [0, 0.05) is 0 Å². The van der Waals surface area contributed by atoms with E-state index in [1.165, 1.54) is 6.92 Å². The van der Waals surface area contributed by atoms with Crippen LogP contribution in [0.3, 0.4) is 0 Å². The van der Waals surface area contributed by atoms with Gasteiger partial charge < -0.3 is 30.4 Å². The molecule has 0 saturated carbocycles. The van der Waals surface area contributed by atoms with Gasteiger partial charge in [-0.05, 0) is 12.5 Å². The number of carboxylic acid groups (broad SMARTS) is 1. The summed E-state index contributed by atoms with van der Waals surface area (Å²) in [7, 11) is 0. The number of carboxylic acids is 1. The number of hydrogen-bond donors (Lipinski definition) is 3. The summed E-state index contributed by atoms with van der Waals surface area (Å²) >= 11 is 0. The van der Waals surface area contributed by atoms with Crippen LogP contribution in [-0.4, -0.2) is 41.8 Å². The quantitative estimate of drug-likeness (QED) is 0.564. The molecule has 0 fully saturated rings. The molecule has 1 aromatic rings. The number of hydrogen-bond acceptors (Lipinski definition) is 6. The number of carbonyl (C=O) groups is 3. The first-order chi connectivity index (χ1) is 10.4. The Bertz CT molecular complexity index is 519. The van der Waals surface area contributed by atoms with Crippen LogP contribution in [0, 0.1) is 0 Å². The van der Waals surface area contributed by atoms with Crippen molar-refractivity contribution in [3.8, 4) is 0 Å². The average Bonchev–Trinajstić information content (AvgIpc) is 2.51. The maximum atomic E-state index is 11.7. The normalized spacial score (nSPS) is 12.8. The molecule has 0 aliphatic rings. The molecule has 0 aliphatic heterocycles. The second-order valence-corrected chi connectivity index (χ2v) is 4.49. The lowest BCUT2D eigenvalue weighted by Crippen LogP contribution is -2.54. The molecule has 0 unspecified atom stereocenters. The molecule has 0 bridgehead atoms. The van der Waals surface area contributed by atoms with Crippen molar-refractivity contribution in [1.82, 2.24) is 10.6 Å². The molecule has 0 aromatic heterocycles. The Morgan fingerprint density at radius 3 is 2.41 bits per heavy atom. The molecule has 3 N–H and O–H groups in total. The molecule has 1 rings (SSSR count). The number of benzene rings is 1. The zero-order valence-electron chi connectivity index (χ0n) is 11.9. The summed E-state index contributed by atoms with van der Waals surface area (Å²) in [6.45, 7) is 0.503. The number of aliphatic carboxylic acids is 1. The molecule has 22 heavy (non-hydrogen) atoms. The minimum atomic E-state index is -1.48. The SMILES string of the molecule is C[C@@H](NC(=O)[C@@H](CO)NC(=O)OCc1ccccc1)C(=O)[O-]. The van der Waals surface area contributed by atoms with Gasteiger partial charge in [0.05, 0.1) is 18.6 Å². The van der Waals surface area contributed by atoms with Crippen molar-refractivity contribution in [2.45, 2.75) is 25.6 Å². The minimum absolute atomic E-state index is 0.00187. The van der Waals surface area contributed by atoms with Gasteiger partial charge in [-0.25, -0.2) is 4.79 Å². The van der Waals surface area contributed by atoms with Crippen LogP contribution >= 0.6 is 0 Å². The Kier molecular flexibility index (Phi) is 6.84. The largest absolute Gasteiger partial charge is 0.548 e. The van der Waals surface area contributed by atoms with E-state index in [4.69, 9.17) is 9.84 Å². The van der Waals surface area contributed by atoms with E-state index in [-0.39, 0.29) is 6.61 Å². The highest BCUT2D eigenvalue weighted by Crippen LogP contribution is 2.00. The lowest BCUT2D eigenvalue weighted by Gasteiger charge is -2.20. The molecular formula is C14H17N2O6-. The second-order valence-electron chi connectivity index (χ2n) is 4.49. The first kappa shape index (κ1) is 17.4. The van der Waals surface area contributed by atoms with Crippen molar-refractivity contribution >= 4 is 18.0 Å². The van der Waals surface area contributed by atoms with Crippen molar-refractivity contribution in [2.75, 3.05) is 6.61 Å². The van der Waals surface area contributed by atoms with Crippen molar-refractivity contribution in [1.29, 1.82) is 0 Å². The summed E-state index contributed by atoms with van der Waals surface area (Å²) in [6.07, 6.45) is -0.904. The van der Waals surface area contributed by atoms with Gasteiger partial charge in [-0.3, -0.25) is 4.79 Å². The van der Waals surface area contributed by atoms with Crippen LogP contribution < -0.4 is 15.7 Å². The number of rotatable bonds is 7. The molecular weight excluding hydrogens is 292 g/mol. The third kappa shape index (κ3) is 5.80. The summed E-state index contributed by atoms with van der Waals surface area (Å²) in [4.78, 5) is 33.7. The molecule has 2 amide bonds. The number of nitrogens with one attached hydrogen (secondary N) is 2. The third-order valence-electron chi connectivity index (χ3n) is 2.72. The lowest BCUT2D eigenvalue weighted by atomic mass is 10.2. The predicted octanol–water partition coefficient (Wildman–Crippen LogP) is -1.47. The van der Waals surface area contributed by atoms with Crippen LogP contribution in [0.15, 0.2) is 30.3 Å². The number of ether oxygens (including phenoxy) is 1. The topological polar surface area (TPSA) is 128 Å². The number of amides is 2. The van der Waals surface area contributed by atoms with Gasteiger partial charge in [-0.15, -0.1) is 0 Å². The molecule has 120 valence electrons. The van der Waals surface area contributed by atoms with Crippen LogP contribution in [-0.2, 0) is 20.9 Å². The van der Waals surface area contributed by atoms with Crippen molar-refractivity contribution in [2.24, 2.45) is 0 Å². The number of aliphatic hydroxyl groups excluding tert-OH is 1. The Morgan fingerprint density at radius 2 is 1.86 bits per heavy atom. The second kappa shape index (κ2) is 8.63. The standard InChI is InChI=1S/C14H18N2O6/c1-9(13(19)20)15-12(18)11(7-17)16-14(21)22-8-10-5-3-2-4-6-10/h2-6,9,11,17H,7-8H2,1H3,(H,15,18)(H,16,21)(H,19,20)/p-1/t9-,11-/m1/s1. The van der Waals surface area contributed by atoms with Gasteiger partial charge >= 0.3 is 6.09 Å². The monoisotopic (exact) mass is 309 g/mol. The molecule has 2 atom stereocenters. The summed E-state index contributed by atoms with van der Waals surface area (Å²) in [5.74, 6) is -2.33. The first-order valence-corrected chi connectivity index (χ1v) is 6.53. The van der Waals surface area contributed by atoms with E-state index in [0.717, 1.165) is 5.56 Å². The van der Waals surface area contributed by atoms with Gasteiger partial charge in [0.25, 0.3) is 0 Å². The van der Waals surface area contributed by atoms with E-state index in [1.807, 2.05) is 6.07 Å². The summed E-state index contributed by atoms with van der Waals surface area (Å²) in [5, 5.41) is 23.8. The Balaban J connectivity index is 2.45. The van der Waals surface area contributed by atoms with Gasteiger partial charge in [0.1, 0.15) is 12.6 Å². The molecule has 0 saturated heterocycles. The maximum absolute atomic E-state index is 11.7. The predicted molar refractivity (Wildman–Crippen MR) is 73.2 cm³/mol. The summed E-state index contributed by atoms with van der Waals surface area (Å²) in [5.41, 5.74) is 0.758. The highest BCUT2D eigenvalue weighted by Gasteiger charge is 2.22. The summed E-state index contributed by atoms with van der Waals surface area (Å²) in [6, 6.07) is 6.32. The fourth-order valence-electron chi connectivity index (χ4n) is 1.47. The van der Waals surface area contributed by atoms with Crippen LogP contribution in [0.4, 0.5) is 4.79 Å². The van der Waals surface area contributed by atoms with Crippen LogP contribution in [0.1, 0.15) is 12.5 Å². The van der Waals surface area contributed by atoms with Gasteiger partial charge in [-0.1, -0.05) is 30.3 Å². The summed E-state index contributed by atoms with van der Waals surface area (Å²) < 4.78 is 4.89. The van der Waals surface area contributed by atoms with Gasteiger partial charge in [-0.2, -0.15) is 0 Å². The van der Waals surface area contributed by atoms with Crippen LogP contribution in [0.5, 0.6) is 0 Å². The first-order valence-electron chi connectivity index (χ1n) is 6.53. The average molecular weight is 309 g/mol. The number of aliphatic hydroxyl groups is 1. The molecule has 0 aliphatic carbocycles. The lowest BCUT2D eigenvalue weighted by molar-refractivity contribution is -0.307. The van der Waals surface area contributed by atoms with E-state index >= 15 is 0 Å². The third-order valence-corrected chi connectivity index (χ3v) is 2.72. The van der Waals surface area contributed by atoms with E-state index in [0.29, 0.717) is 0 Å². The van der Waals surface area contributed by atoms with E-state index in [1.54, 1.807) is 24.3 Å². The fraction of sp³-hybridized carbons (Fsp3) is 0.357. The molecule has 0 spiro atoms. The highest BCUT2D eigenvalue weighted by atomic mass is 16.5. The molecule has 0 heterocycles. The minimum Gasteiger partial charge on any atom is -0.548 e. The molecule has 8 heteroatoms. The van der Waals surface area contributed by atoms with Crippen molar-refractivity contribution in [3.63, 3.8) is 0 Å². The van der Waals surface area contributed by atoms with Crippen molar-refractivity contribution < 1.29 is 29.3 Å². The van der Waals surface area contributed by atoms with Gasteiger partial charge in [0.2, 0.25) is 5.91 Å². The Morgan fingerprint density at radius 1 is 1.23 bits per heavy atom. The number of alkyl carbamates (subject to hydrolysis) is 1. The van der Waals surface area contributed by atoms with Crippen molar-refractivity contribution in [3.05, 3.63) is 35.9 Å². The Hall–Kier alpha value is -2.61. The van der Waals surface area contributed by atoms with E-state index in [2.05, 4.69) is 10.6 Å². The van der Waals surface area contributed by atoms with Crippen LogP contribution in [0.25, 0.3) is 0 Å². The maximum Gasteiger partial charge on any atom is 0.408 e. The highest BCUT2D eigenvalue weighted by molar-refractivity contribution is 5.88. The zero-order chi connectivity index (χ0) is 16.5. The van der Waals surface area contributed by atoms with E-state index < -0.39 is 36.7 Å². The van der Waals surface area contributed by atoms with Gasteiger partial charge in [0.15, 0.2) is 0 Å². The zero-order valence-corrected chi connectivity index (χ0v) is 11.9. The Labute approximate surface area is 127 Å². The number of carbonyl (C=O) groups excluding carboxylic acids is 3. The smallest absolute Gasteiger partial charge is 0.408 e. The fourth-order valence-corrected chi connectivity index (χ4v) is 1.47. The molecule has 8 nitrogen and oxygen atoms in total. The van der Waals surface area contributed by atoms with Crippen LogP contribution in [0.2, 0.25) is 0 Å². The van der Waals surface area contributed by atoms with E-state index in [9.17, 15) is 19.5 Å². The molecule has 1 aromatic carbocycles.